The molecule has 8 heteroatoms. The standard InChI is InChI=1S/C19H21FN4O3/c1-2-27-19(26)15-4-5-17(22-13-15)23-8-3-9-24(11-10-23)18(25)14-6-7-21-16(20)12-14/h4-7,12-13H,2-3,8-11H2,1H3. The lowest BCUT2D eigenvalue weighted by Gasteiger charge is -2.23. The molecule has 3 rings (SSSR count). The van der Waals surface area contributed by atoms with Gasteiger partial charge in [0.05, 0.1) is 12.2 Å². The van der Waals surface area contributed by atoms with Gasteiger partial charge in [0.2, 0.25) is 5.95 Å². The third-order valence-corrected chi connectivity index (χ3v) is 4.34. The molecule has 0 saturated carbocycles. The lowest BCUT2D eigenvalue weighted by Crippen LogP contribution is -2.35. The van der Waals surface area contributed by atoms with E-state index in [-0.39, 0.29) is 5.91 Å². The first-order valence-corrected chi connectivity index (χ1v) is 8.87. The van der Waals surface area contributed by atoms with Crippen molar-refractivity contribution in [2.75, 3.05) is 37.7 Å². The molecule has 142 valence electrons. The van der Waals surface area contributed by atoms with Gasteiger partial charge in [0.1, 0.15) is 5.82 Å². The molecule has 1 aliphatic rings. The average Bonchev–Trinajstić information content (AvgIpc) is 2.94. The fourth-order valence-electron chi connectivity index (χ4n) is 2.98. The molecule has 0 N–H and O–H groups in total. The quantitative estimate of drug-likeness (QED) is 0.605. The van der Waals surface area contributed by atoms with E-state index >= 15 is 0 Å². The Labute approximate surface area is 156 Å². The van der Waals surface area contributed by atoms with E-state index < -0.39 is 11.9 Å². The van der Waals surface area contributed by atoms with E-state index in [1.54, 1.807) is 24.0 Å². The van der Waals surface area contributed by atoms with Crippen LogP contribution in [-0.4, -0.2) is 59.5 Å². The summed E-state index contributed by atoms with van der Waals surface area (Å²) in [6.45, 7) is 4.50. The fraction of sp³-hybridized carbons (Fsp3) is 0.368. The van der Waals surface area contributed by atoms with Crippen LogP contribution in [0.5, 0.6) is 0 Å². The van der Waals surface area contributed by atoms with Crippen LogP contribution in [0.15, 0.2) is 36.7 Å². The molecule has 1 fully saturated rings. The zero-order chi connectivity index (χ0) is 19.2. The van der Waals surface area contributed by atoms with E-state index in [0.29, 0.717) is 37.4 Å². The van der Waals surface area contributed by atoms with Crippen molar-refractivity contribution in [3.63, 3.8) is 0 Å². The summed E-state index contributed by atoms with van der Waals surface area (Å²) in [7, 11) is 0. The summed E-state index contributed by atoms with van der Waals surface area (Å²) >= 11 is 0. The first-order valence-electron chi connectivity index (χ1n) is 8.87. The van der Waals surface area contributed by atoms with Crippen LogP contribution in [0.2, 0.25) is 0 Å². The third-order valence-electron chi connectivity index (χ3n) is 4.34. The van der Waals surface area contributed by atoms with Gasteiger partial charge < -0.3 is 14.5 Å². The first-order chi connectivity index (χ1) is 13.1. The third kappa shape index (κ3) is 4.58. The number of rotatable bonds is 4. The molecule has 0 aromatic carbocycles. The van der Waals surface area contributed by atoms with Crippen LogP contribution >= 0.6 is 0 Å². The molecule has 1 saturated heterocycles. The van der Waals surface area contributed by atoms with E-state index in [9.17, 15) is 14.0 Å². The molecule has 0 aliphatic carbocycles. The topological polar surface area (TPSA) is 75.6 Å². The van der Waals surface area contributed by atoms with Gasteiger partial charge in [0.25, 0.3) is 5.91 Å². The number of carbonyl (C=O) groups is 2. The number of carbonyl (C=O) groups excluding carboxylic acids is 2. The zero-order valence-corrected chi connectivity index (χ0v) is 15.1. The highest BCUT2D eigenvalue weighted by molar-refractivity contribution is 5.94. The van der Waals surface area contributed by atoms with Crippen LogP contribution in [0.25, 0.3) is 0 Å². The maximum atomic E-state index is 13.3. The Morgan fingerprint density at radius 1 is 1.11 bits per heavy atom. The van der Waals surface area contributed by atoms with E-state index in [1.807, 2.05) is 0 Å². The predicted molar refractivity (Wildman–Crippen MR) is 97.1 cm³/mol. The highest BCUT2D eigenvalue weighted by Gasteiger charge is 2.21. The van der Waals surface area contributed by atoms with Gasteiger partial charge >= 0.3 is 5.97 Å². The number of amides is 1. The van der Waals surface area contributed by atoms with Crippen LogP contribution in [0.3, 0.4) is 0 Å². The van der Waals surface area contributed by atoms with Gasteiger partial charge in [-0.25, -0.2) is 14.8 Å². The summed E-state index contributed by atoms with van der Waals surface area (Å²) in [5, 5.41) is 0. The minimum absolute atomic E-state index is 0.205. The number of esters is 1. The molecule has 0 atom stereocenters. The molecule has 0 bridgehead atoms. The predicted octanol–water partition coefficient (Wildman–Crippen LogP) is 2.14. The van der Waals surface area contributed by atoms with E-state index in [4.69, 9.17) is 4.74 Å². The second-order valence-electron chi connectivity index (χ2n) is 6.13. The van der Waals surface area contributed by atoms with Gasteiger partial charge in [-0.15, -0.1) is 0 Å². The van der Waals surface area contributed by atoms with Gasteiger partial charge in [-0.05, 0) is 31.5 Å². The maximum Gasteiger partial charge on any atom is 0.339 e. The van der Waals surface area contributed by atoms with E-state index in [2.05, 4.69) is 14.9 Å². The largest absolute Gasteiger partial charge is 0.462 e. The van der Waals surface area contributed by atoms with Gasteiger partial charge in [0, 0.05) is 50.2 Å². The molecule has 1 amide bonds. The number of hydrogen-bond donors (Lipinski definition) is 0. The van der Waals surface area contributed by atoms with Gasteiger partial charge in [-0.3, -0.25) is 4.79 Å². The monoisotopic (exact) mass is 372 g/mol. The highest BCUT2D eigenvalue weighted by Crippen LogP contribution is 2.16. The molecule has 27 heavy (non-hydrogen) atoms. The van der Waals surface area contributed by atoms with Crippen molar-refractivity contribution in [1.29, 1.82) is 0 Å². The van der Waals surface area contributed by atoms with Crippen LogP contribution in [0.4, 0.5) is 10.2 Å². The Bertz CT molecular complexity index is 813. The van der Waals surface area contributed by atoms with Crippen molar-refractivity contribution in [1.82, 2.24) is 14.9 Å². The maximum absolute atomic E-state index is 13.3. The van der Waals surface area contributed by atoms with E-state index in [0.717, 1.165) is 24.8 Å². The fourth-order valence-corrected chi connectivity index (χ4v) is 2.98. The van der Waals surface area contributed by atoms with Crippen LogP contribution in [0, 0.1) is 5.95 Å². The van der Waals surface area contributed by atoms with Gasteiger partial charge in [0.15, 0.2) is 0 Å². The number of ether oxygens (including phenoxy) is 1. The average molecular weight is 372 g/mol. The SMILES string of the molecule is CCOC(=O)c1ccc(N2CCCN(C(=O)c3ccnc(F)c3)CC2)nc1. The van der Waals surface area contributed by atoms with Gasteiger partial charge in [-0.2, -0.15) is 4.39 Å². The number of nitrogens with zero attached hydrogens (tertiary/aromatic N) is 4. The summed E-state index contributed by atoms with van der Waals surface area (Å²) in [6, 6.07) is 6.14. The lowest BCUT2D eigenvalue weighted by molar-refractivity contribution is 0.0525. The zero-order valence-electron chi connectivity index (χ0n) is 15.1. The second kappa shape index (κ2) is 8.57. The summed E-state index contributed by atoms with van der Waals surface area (Å²) in [5.41, 5.74) is 0.708. The second-order valence-corrected chi connectivity index (χ2v) is 6.13. The Morgan fingerprint density at radius 3 is 2.67 bits per heavy atom. The Morgan fingerprint density at radius 2 is 1.96 bits per heavy atom. The normalized spacial score (nSPS) is 14.6. The molecule has 0 radical (unpaired) electrons. The van der Waals surface area contributed by atoms with Crippen molar-refractivity contribution in [3.05, 3.63) is 53.7 Å². The molecule has 0 unspecified atom stereocenters. The van der Waals surface area contributed by atoms with Crippen molar-refractivity contribution in [3.8, 4) is 0 Å². The van der Waals surface area contributed by atoms with Crippen LogP contribution < -0.4 is 4.90 Å². The highest BCUT2D eigenvalue weighted by atomic mass is 19.1. The lowest BCUT2D eigenvalue weighted by atomic mass is 10.2. The van der Waals surface area contributed by atoms with Crippen molar-refractivity contribution in [2.45, 2.75) is 13.3 Å². The number of hydrogen-bond acceptors (Lipinski definition) is 6. The molecule has 2 aromatic rings. The molecule has 0 spiro atoms. The summed E-state index contributed by atoms with van der Waals surface area (Å²) < 4.78 is 18.2. The smallest absolute Gasteiger partial charge is 0.339 e. The number of anilines is 1. The van der Waals surface area contributed by atoms with Crippen molar-refractivity contribution < 1.29 is 18.7 Å². The van der Waals surface area contributed by atoms with Gasteiger partial charge in [-0.1, -0.05) is 0 Å². The molecule has 1 aliphatic heterocycles. The number of pyridine rings is 2. The van der Waals surface area contributed by atoms with Crippen LogP contribution in [0.1, 0.15) is 34.1 Å². The molecule has 2 aromatic heterocycles. The Kier molecular flexibility index (Phi) is 5.95. The van der Waals surface area contributed by atoms with E-state index in [1.165, 1.54) is 18.5 Å². The summed E-state index contributed by atoms with van der Waals surface area (Å²) in [4.78, 5) is 35.9. The first kappa shape index (κ1) is 18.8. The number of halogens is 1. The Hall–Kier alpha value is -3.03. The summed E-state index contributed by atoms with van der Waals surface area (Å²) in [5.74, 6) is -0.520. The molecule has 7 nitrogen and oxygen atoms in total. The molecular weight excluding hydrogens is 351 g/mol. The van der Waals surface area contributed by atoms with Crippen molar-refractivity contribution >= 4 is 17.7 Å². The minimum atomic E-state index is -0.664. The van der Waals surface area contributed by atoms with Crippen molar-refractivity contribution in [2.24, 2.45) is 0 Å². The molecular formula is C19H21FN4O3. The summed E-state index contributed by atoms with van der Waals surface area (Å²) in [6.07, 6.45) is 3.56. The Balaban J connectivity index is 1.64. The molecule has 3 heterocycles. The van der Waals surface area contributed by atoms with Crippen LogP contribution in [-0.2, 0) is 4.74 Å². The number of aromatic nitrogens is 2. The minimum Gasteiger partial charge on any atom is -0.462 e.